The highest BCUT2D eigenvalue weighted by Gasteiger charge is 2.47. The number of benzene rings is 1. The number of thiazole rings is 1. The average Bonchev–Trinajstić information content (AvgIpc) is 3.10. The van der Waals surface area contributed by atoms with Gasteiger partial charge in [0.05, 0.1) is 10.3 Å². The van der Waals surface area contributed by atoms with Crippen molar-refractivity contribution < 1.29 is 4.79 Å². The zero-order chi connectivity index (χ0) is 12.6. The number of aldehydes is 1. The van der Waals surface area contributed by atoms with Gasteiger partial charge in [0.15, 0.2) is 5.13 Å². The summed E-state index contributed by atoms with van der Waals surface area (Å²) >= 11 is 1.47. The highest BCUT2D eigenvalue weighted by molar-refractivity contribution is 7.16. The Kier molecular flexibility index (Phi) is 2.56. The van der Waals surface area contributed by atoms with Crippen molar-refractivity contribution in [3.63, 3.8) is 0 Å². The fourth-order valence-corrected chi connectivity index (χ4v) is 3.03. The van der Waals surface area contributed by atoms with Crippen molar-refractivity contribution in [1.29, 1.82) is 0 Å². The molecule has 92 valence electrons. The van der Waals surface area contributed by atoms with Gasteiger partial charge in [-0.2, -0.15) is 0 Å². The molecule has 3 rings (SSSR count). The number of aromatic nitrogens is 1. The SMILES string of the molecule is Nc1nc(Nc2ccccc2)sc1C1(C=O)CC1. The number of carbonyl (C=O) groups excluding carboxylic acids is 1. The third kappa shape index (κ3) is 1.86. The lowest BCUT2D eigenvalue weighted by Crippen LogP contribution is -2.07. The predicted molar refractivity (Wildman–Crippen MR) is 73.2 cm³/mol. The lowest BCUT2D eigenvalue weighted by Gasteiger charge is -2.02. The van der Waals surface area contributed by atoms with E-state index in [1.807, 2.05) is 30.3 Å². The maximum Gasteiger partial charge on any atom is 0.189 e. The molecule has 1 fully saturated rings. The van der Waals surface area contributed by atoms with Gasteiger partial charge in [0.1, 0.15) is 12.1 Å². The standard InChI is InChI=1S/C13H13N3OS/c14-11-10(13(8-17)6-7-13)18-12(16-11)15-9-4-2-1-3-5-9/h1-5,8H,6-7,14H2,(H,15,16). The molecule has 0 radical (unpaired) electrons. The van der Waals surface area contributed by atoms with Gasteiger partial charge in [-0.25, -0.2) is 4.98 Å². The number of nitrogens with one attached hydrogen (secondary N) is 1. The van der Waals surface area contributed by atoms with Crippen LogP contribution in [0.4, 0.5) is 16.6 Å². The molecule has 1 aliphatic rings. The Bertz CT molecular complexity index is 575. The Morgan fingerprint density at radius 2 is 2.06 bits per heavy atom. The number of nitrogens with zero attached hydrogens (tertiary/aromatic N) is 1. The molecule has 0 spiro atoms. The lowest BCUT2D eigenvalue weighted by atomic mass is 10.1. The quantitative estimate of drug-likeness (QED) is 0.828. The van der Waals surface area contributed by atoms with E-state index in [-0.39, 0.29) is 5.41 Å². The molecule has 0 atom stereocenters. The molecular weight excluding hydrogens is 246 g/mol. The van der Waals surface area contributed by atoms with Crippen LogP contribution in [0.15, 0.2) is 30.3 Å². The maximum atomic E-state index is 11.1. The molecule has 2 aromatic rings. The third-order valence-corrected chi connectivity index (χ3v) is 4.35. The van der Waals surface area contributed by atoms with Crippen LogP contribution in [0.25, 0.3) is 0 Å². The molecule has 0 unspecified atom stereocenters. The van der Waals surface area contributed by atoms with Crippen molar-refractivity contribution in [3.05, 3.63) is 35.2 Å². The Hall–Kier alpha value is -1.88. The first-order valence-electron chi connectivity index (χ1n) is 5.79. The van der Waals surface area contributed by atoms with Crippen LogP contribution >= 0.6 is 11.3 Å². The molecular formula is C13H13N3OS. The van der Waals surface area contributed by atoms with Gasteiger partial charge in [-0.15, -0.1) is 0 Å². The number of rotatable bonds is 4. The molecule has 1 saturated carbocycles. The molecule has 1 aromatic heterocycles. The molecule has 0 amide bonds. The highest BCUT2D eigenvalue weighted by atomic mass is 32.1. The first kappa shape index (κ1) is 11.2. The number of anilines is 3. The first-order chi connectivity index (χ1) is 8.73. The number of nitrogens with two attached hydrogens (primary N) is 1. The van der Waals surface area contributed by atoms with Gasteiger partial charge in [-0.1, -0.05) is 29.5 Å². The van der Waals surface area contributed by atoms with Gasteiger partial charge in [0.25, 0.3) is 0 Å². The summed E-state index contributed by atoms with van der Waals surface area (Å²) < 4.78 is 0. The fourth-order valence-electron chi connectivity index (χ4n) is 1.92. The zero-order valence-electron chi connectivity index (χ0n) is 9.72. The summed E-state index contributed by atoms with van der Waals surface area (Å²) in [7, 11) is 0. The van der Waals surface area contributed by atoms with Gasteiger partial charge in [-0.3, -0.25) is 0 Å². The van der Waals surface area contributed by atoms with E-state index in [0.29, 0.717) is 5.82 Å². The third-order valence-electron chi connectivity index (χ3n) is 3.14. The van der Waals surface area contributed by atoms with Crippen LogP contribution in [-0.2, 0) is 10.2 Å². The molecule has 1 aliphatic carbocycles. The summed E-state index contributed by atoms with van der Waals surface area (Å²) in [4.78, 5) is 16.3. The smallest absolute Gasteiger partial charge is 0.189 e. The molecule has 0 aliphatic heterocycles. The Labute approximate surface area is 109 Å². The van der Waals surface area contributed by atoms with Crippen LogP contribution in [0.2, 0.25) is 0 Å². The second-order valence-corrected chi connectivity index (χ2v) is 5.50. The van der Waals surface area contributed by atoms with Gasteiger partial charge >= 0.3 is 0 Å². The molecule has 1 aromatic carbocycles. The van der Waals surface area contributed by atoms with Crippen molar-refractivity contribution in [1.82, 2.24) is 4.98 Å². The summed E-state index contributed by atoms with van der Waals surface area (Å²) in [6.45, 7) is 0. The monoisotopic (exact) mass is 259 g/mol. The summed E-state index contributed by atoms with van der Waals surface area (Å²) in [6, 6.07) is 9.79. The molecule has 5 heteroatoms. The van der Waals surface area contributed by atoms with Crippen LogP contribution in [0.1, 0.15) is 17.7 Å². The number of nitrogen functional groups attached to an aromatic ring is 1. The van der Waals surface area contributed by atoms with Gasteiger partial charge < -0.3 is 15.8 Å². The number of hydrogen-bond donors (Lipinski definition) is 2. The van der Waals surface area contributed by atoms with E-state index < -0.39 is 0 Å². The van der Waals surface area contributed by atoms with Crippen LogP contribution in [0, 0.1) is 0 Å². The van der Waals surface area contributed by atoms with Crippen LogP contribution in [0.3, 0.4) is 0 Å². The fraction of sp³-hybridized carbons (Fsp3) is 0.231. The summed E-state index contributed by atoms with van der Waals surface area (Å²) in [5.41, 5.74) is 6.51. The Balaban J connectivity index is 1.87. The molecule has 1 heterocycles. The predicted octanol–water partition coefficient (Wildman–Crippen LogP) is 2.70. The summed E-state index contributed by atoms with van der Waals surface area (Å²) in [5, 5.41) is 3.94. The minimum Gasteiger partial charge on any atom is -0.383 e. The Morgan fingerprint density at radius 1 is 1.33 bits per heavy atom. The van der Waals surface area contributed by atoms with E-state index in [1.54, 1.807) is 0 Å². The van der Waals surface area contributed by atoms with Crippen molar-refractivity contribution in [2.75, 3.05) is 11.1 Å². The van der Waals surface area contributed by atoms with Crippen LogP contribution < -0.4 is 11.1 Å². The molecule has 4 nitrogen and oxygen atoms in total. The average molecular weight is 259 g/mol. The van der Waals surface area contributed by atoms with Crippen molar-refractivity contribution >= 4 is 34.3 Å². The Morgan fingerprint density at radius 3 is 2.67 bits per heavy atom. The van der Waals surface area contributed by atoms with Crippen LogP contribution in [-0.4, -0.2) is 11.3 Å². The van der Waals surface area contributed by atoms with Gasteiger partial charge in [0.2, 0.25) is 0 Å². The van der Waals surface area contributed by atoms with Crippen molar-refractivity contribution in [3.8, 4) is 0 Å². The minimum atomic E-state index is -0.349. The molecule has 0 bridgehead atoms. The van der Waals surface area contributed by atoms with E-state index in [9.17, 15) is 4.79 Å². The van der Waals surface area contributed by atoms with Gasteiger partial charge in [0, 0.05) is 5.69 Å². The van der Waals surface area contributed by atoms with Gasteiger partial charge in [-0.05, 0) is 25.0 Å². The van der Waals surface area contributed by atoms with E-state index in [4.69, 9.17) is 5.73 Å². The van der Waals surface area contributed by atoms with E-state index in [0.717, 1.165) is 34.8 Å². The van der Waals surface area contributed by atoms with Crippen molar-refractivity contribution in [2.45, 2.75) is 18.3 Å². The number of carbonyl (C=O) groups is 1. The summed E-state index contributed by atoms with van der Waals surface area (Å²) in [6.07, 6.45) is 2.77. The molecule has 0 saturated heterocycles. The lowest BCUT2D eigenvalue weighted by molar-refractivity contribution is -0.109. The van der Waals surface area contributed by atoms with E-state index in [1.165, 1.54) is 11.3 Å². The first-order valence-corrected chi connectivity index (χ1v) is 6.60. The normalized spacial score (nSPS) is 16.2. The second-order valence-electron chi connectivity index (χ2n) is 4.50. The van der Waals surface area contributed by atoms with Crippen molar-refractivity contribution in [2.24, 2.45) is 0 Å². The highest BCUT2D eigenvalue weighted by Crippen LogP contribution is 2.51. The topological polar surface area (TPSA) is 68.0 Å². The van der Waals surface area contributed by atoms with E-state index in [2.05, 4.69) is 10.3 Å². The minimum absolute atomic E-state index is 0.349. The molecule has 18 heavy (non-hydrogen) atoms. The maximum absolute atomic E-state index is 11.1. The summed E-state index contributed by atoms with van der Waals surface area (Å²) in [5.74, 6) is 0.475. The van der Waals surface area contributed by atoms with Crippen LogP contribution in [0.5, 0.6) is 0 Å². The molecule has 3 N–H and O–H groups in total. The zero-order valence-corrected chi connectivity index (χ0v) is 10.5. The van der Waals surface area contributed by atoms with E-state index >= 15 is 0 Å². The largest absolute Gasteiger partial charge is 0.383 e. The second kappa shape index (κ2) is 4.10. The number of hydrogen-bond acceptors (Lipinski definition) is 5. The number of para-hydroxylation sites is 1.